The second kappa shape index (κ2) is 5.73. The Kier molecular flexibility index (Phi) is 3.56. The molecule has 2 aliphatic rings. The van der Waals surface area contributed by atoms with E-state index >= 15 is 0 Å². The van der Waals surface area contributed by atoms with Gasteiger partial charge in [-0.3, -0.25) is 4.79 Å². The van der Waals surface area contributed by atoms with Crippen molar-refractivity contribution >= 4 is 5.91 Å². The van der Waals surface area contributed by atoms with Crippen LogP contribution < -0.4 is 0 Å². The van der Waals surface area contributed by atoms with Gasteiger partial charge in [-0.2, -0.15) is 0 Å². The monoisotopic (exact) mass is 307 g/mol. The quantitative estimate of drug-likeness (QED) is 0.872. The molecule has 1 N–H and O–H groups in total. The Morgan fingerprint density at radius 1 is 1.04 bits per heavy atom. The van der Waals surface area contributed by atoms with E-state index < -0.39 is 0 Å². The van der Waals surface area contributed by atoms with E-state index in [1.165, 1.54) is 5.56 Å². The minimum Gasteiger partial charge on any atom is -0.508 e. The molecule has 3 nitrogen and oxygen atoms in total. The molecule has 3 heteroatoms. The van der Waals surface area contributed by atoms with E-state index in [1.807, 2.05) is 36.4 Å². The summed E-state index contributed by atoms with van der Waals surface area (Å²) in [6.45, 7) is 0.836. The Labute approximate surface area is 136 Å². The van der Waals surface area contributed by atoms with Crippen molar-refractivity contribution in [2.45, 2.75) is 37.6 Å². The zero-order chi connectivity index (χ0) is 15.8. The van der Waals surface area contributed by atoms with Crippen molar-refractivity contribution in [1.82, 2.24) is 4.90 Å². The normalized spacial score (nSPS) is 23.0. The Balaban J connectivity index is 1.67. The maximum absolute atomic E-state index is 12.9. The lowest BCUT2D eigenvalue weighted by Gasteiger charge is -2.45. The van der Waals surface area contributed by atoms with E-state index in [1.54, 1.807) is 6.07 Å². The molecule has 0 bridgehead atoms. The third-order valence-electron chi connectivity index (χ3n) is 5.34. The summed E-state index contributed by atoms with van der Waals surface area (Å²) in [7, 11) is 0. The predicted octanol–water partition coefficient (Wildman–Crippen LogP) is 3.73. The van der Waals surface area contributed by atoms with Crippen LogP contribution in [0.25, 0.3) is 0 Å². The highest BCUT2D eigenvalue weighted by molar-refractivity contribution is 5.94. The van der Waals surface area contributed by atoms with Crippen LogP contribution in [0, 0.1) is 0 Å². The lowest BCUT2D eigenvalue weighted by molar-refractivity contribution is 0.0546. The van der Waals surface area contributed by atoms with Crippen LogP contribution in [0.5, 0.6) is 5.75 Å². The second-order valence-corrected chi connectivity index (χ2v) is 6.56. The molecule has 2 atom stereocenters. The summed E-state index contributed by atoms with van der Waals surface area (Å²) >= 11 is 0. The third-order valence-corrected chi connectivity index (χ3v) is 5.34. The average Bonchev–Trinajstić information content (AvgIpc) is 2.61. The Hall–Kier alpha value is -2.29. The molecule has 1 aliphatic carbocycles. The minimum atomic E-state index is 0.143. The van der Waals surface area contributed by atoms with Crippen molar-refractivity contribution in [3.63, 3.8) is 0 Å². The van der Waals surface area contributed by atoms with E-state index in [0.717, 1.165) is 43.4 Å². The number of hydrogen-bond donors (Lipinski definition) is 1. The van der Waals surface area contributed by atoms with Crippen LogP contribution in [0.3, 0.4) is 0 Å². The fraction of sp³-hybridized carbons (Fsp3) is 0.350. The van der Waals surface area contributed by atoms with Gasteiger partial charge >= 0.3 is 0 Å². The molecule has 0 spiro atoms. The number of likely N-dealkylation sites (tertiary alicyclic amines) is 1. The molecule has 118 valence electrons. The number of carbonyl (C=O) groups is 1. The van der Waals surface area contributed by atoms with Gasteiger partial charge in [0.25, 0.3) is 5.91 Å². The number of hydrogen-bond acceptors (Lipinski definition) is 2. The SMILES string of the molecule is O=C(c1ccccc1)N1CCCC2c3cccc(O)c3CCC21. The number of benzene rings is 2. The number of phenolic OH excluding ortho intramolecular Hbond substituents is 1. The van der Waals surface area contributed by atoms with Crippen LogP contribution in [0.1, 0.15) is 46.7 Å². The van der Waals surface area contributed by atoms with Gasteiger partial charge in [-0.05, 0) is 55.0 Å². The van der Waals surface area contributed by atoms with Crippen LogP contribution in [0.4, 0.5) is 0 Å². The third kappa shape index (κ3) is 2.40. The van der Waals surface area contributed by atoms with Gasteiger partial charge in [0.15, 0.2) is 0 Å². The topological polar surface area (TPSA) is 40.5 Å². The first-order valence-corrected chi connectivity index (χ1v) is 8.42. The number of phenols is 1. The molecule has 2 aromatic rings. The molecule has 1 aliphatic heterocycles. The molecular weight excluding hydrogens is 286 g/mol. The lowest BCUT2D eigenvalue weighted by Crippen LogP contribution is -2.49. The van der Waals surface area contributed by atoms with Gasteiger partial charge in [-0.1, -0.05) is 30.3 Å². The largest absolute Gasteiger partial charge is 0.508 e. The van der Waals surface area contributed by atoms with E-state index in [2.05, 4.69) is 11.0 Å². The van der Waals surface area contributed by atoms with Crippen molar-refractivity contribution in [3.05, 3.63) is 65.2 Å². The number of piperidine rings is 1. The highest BCUT2D eigenvalue weighted by Crippen LogP contribution is 2.43. The highest BCUT2D eigenvalue weighted by Gasteiger charge is 2.39. The molecule has 2 unspecified atom stereocenters. The van der Waals surface area contributed by atoms with Crippen LogP contribution in [0.15, 0.2) is 48.5 Å². The maximum atomic E-state index is 12.9. The van der Waals surface area contributed by atoms with Crippen molar-refractivity contribution in [3.8, 4) is 5.75 Å². The summed E-state index contributed by atoms with van der Waals surface area (Å²) < 4.78 is 0. The van der Waals surface area contributed by atoms with Crippen LogP contribution in [0.2, 0.25) is 0 Å². The number of amides is 1. The van der Waals surface area contributed by atoms with Crippen LogP contribution in [-0.2, 0) is 6.42 Å². The first kappa shape index (κ1) is 14.3. The smallest absolute Gasteiger partial charge is 0.254 e. The number of rotatable bonds is 1. The summed E-state index contributed by atoms with van der Waals surface area (Å²) in [6.07, 6.45) is 3.91. The van der Waals surface area contributed by atoms with Crippen LogP contribution >= 0.6 is 0 Å². The van der Waals surface area contributed by atoms with E-state index in [-0.39, 0.29) is 11.9 Å². The second-order valence-electron chi connectivity index (χ2n) is 6.56. The van der Waals surface area contributed by atoms with Gasteiger partial charge in [0.1, 0.15) is 5.75 Å². The Morgan fingerprint density at radius 2 is 1.87 bits per heavy atom. The highest BCUT2D eigenvalue weighted by atomic mass is 16.3. The number of nitrogens with zero attached hydrogens (tertiary/aromatic N) is 1. The molecule has 4 rings (SSSR count). The van der Waals surface area contributed by atoms with Gasteiger partial charge in [-0.15, -0.1) is 0 Å². The fourth-order valence-electron chi connectivity index (χ4n) is 4.28. The zero-order valence-electron chi connectivity index (χ0n) is 13.1. The van der Waals surface area contributed by atoms with Crippen molar-refractivity contribution in [2.24, 2.45) is 0 Å². The number of carbonyl (C=O) groups excluding carboxylic acids is 1. The molecular formula is C20H21NO2. The molecule has 2 aromatic carbocycles. The van der Waals surface area contributed by atoms with Gasteiger partial charge in [0.2, 0.25) is 0 Å². The van der Waals surface area contributed by atoms with Crippen molar-refractivity contribution in [1.29, 1.82) is 0 Å². The standard InChI is InChI=1S/C20H21NO2/c22-19-10-4-8-15-16-9-5-13-21(18(16)12-11-17(15)19)20(23)14-6-2-1-3-7-14/h1-4,6-8,10,16,18,22H,5,9,11-13H2. The molecule has 1 saturated heterocycles. The maximum Gasteiger partial charge on any atom is 0.254 e. The fourth-order valence-corrected chi connectivity index (χ4v) is 4.28. The van der Waals surface area contributed by atoms with Gasteiger partial charge in [0.05, 0.1) is 0 Å². The minimum absolute atomic E-state index is 0.143. The molecule has 0 aromatic heterocycles. The van der Waals surface area contributed by atoms with Gasteiger partial charge in [-0.25, -0.2) is 0 Å². The number of fused-ring (bicyclic) bond motifs is 3. The van der Waals surface area contributed by atoms with E-state index in [4.69, 9.17) is 0 Å². The van der Waals surface area contributed by atoms with E-state index in [9.17, 15) is 9.90 Å². The predicted molar refractivity (Wildman–Crippen MR) is 89.7 cm³/mol. The molecule has 0 radical (unpaired) electrons. The summed E-state index contributed by atoms with van der Waals surface area (Å²) in [6, 6.07) is 15.7. The Morgan fingerprint density at radius 3 is 2.70 bits per heavy atom. The molecule has 1 heterocycles. The molecule has 1 fully saturated rings. The summed E-state index contributed by atoms with van der Waals surface area (Å²) in [5.41, 5.74) is 3.10. The Bertz CT molecular complexity index is 726. The molecule has 0 saturated carbocycles. The van der Waals surface area contributed by atoms with Crippen molar-refractivity contribution < 1.29 is 9.90 Å². The van der Waals surface area contributed by atoms with Gasteiger partial charge in [0, 0.05) is 24.1 Å². The summed E-state index contributed by atoms with van der Waals surface area (Å²) in [5.74, 6) is 0.906. The lowest BCUT2D eigenvalue weighted by atomic mass is 9.74. The zero-order valence-corrected chi connectivity index (χ0v) is 13.1. The first-order chi connectivity index (χ1) is 11.3. The number of aromatic hydroxyl groups is 1. The average molecular weight is 307 g/mol. The summed E-state index contributed by atoms with van der Waals surface area (Å²) in [5, 5.41) is 10.1. The molecule has 23 heavy (non-hydrogen) atoms. The first-order valence-electron chi connectivity index (χ1n) is 8.42. The van der Waals surface area contributed by atoms with Crippen LogP contribution in [-0.4, -0.2) is 28.5 Å². The van der Waals surface area contributed by atoms with E-state index in [0.29, 0.717) is 11.7 Å². The summed E-state index contributed by atoms with van der Waals surface area (Å²) in [4.78, 5) is 15.0. The molecule has 1 amide bonds. The van der Waals surface area contributed by atoms with Crippen molar-refractivity contribution in [2.75, 3.05) is 6.54 Å². The van der Waals surface area contributed by atoms with Gasteiger partial charge < -0.3 is 10.0 Å².